The van der Waals surface area contributed by atoms with Gasteiger partial charge in [0.1, 0.15) is 22.3 Å². The summed E-state index contributed by atoms with van der Waals surface area (Å²) in [5.74, 6) is 0.264. The van der Waals surface area contributed by atoms with Crippen LogP contribution in [0.15, 0.2) is 77.0 Å². The number of hydrogen-bond acceptors (Lipinski definition) is 9. The Morgan fingerprint density at radius 2 is 1.65 bits per heavy atom. The molecule has 3 aromatic carbocycles. The summed E-state index contributed by atoms with van der Waals surface area (Å²) < 4.78 is 58.1. The van der Waals surface area contributed by atoms with Crippen molar-refractivity contribution < 1.29 is 32.1 Å². The second-order valence-corrected chi connectivity index (χ2v) is 10.8. The van der Waals surface area contributed by atoms with Crippen molar-refractivity contribution >= 4 is 21.5 Å². The summed E-state index contributed by atoms with van der Waals surface area (Å²) in [5, 5.41) is 10.2. The summed E-state index contributed by atoms with van der Waals surface area (Å²) in [6.07, 6.45) is 0. The molecule has 1 atom stereocenters. The van der Waals surface area contributed by atoms with Gasteiger partial charge in [-0.25, -0.2) is 8.42 Å². The summed E-state index contributed by atoms with van der Waals surface area (Å²) in [4.78, 5) is -0.117. The van der Waals surface area contributed by atoms with E-state index in [1.807, 2.05) is 6.07 Å². The molecule has 2 aliphatic rings. The van der Waals surface area contributed by atoms with Crippen molar-refractivity contribution in [2.75, 3.05) is 32.7 Å². The number of nitrogens with two attached hydrogens (primary N) is 1. The Labute approximate surface area is 232 Å². The maximum absolute atomic E-state index is 14.5. The number of rotatable bonds is 7. The van der Waals surface area contributed by atoms with Crippen LogP contribution in [0, 0.1) is 11.3 Å². The minimum atomic E-state index is -4.28. The Morgan fingerprint density at radius 1 is 0.950 bits per heavy atom. The number of anilines is 1. The van der Waals surface area contributed by atoms with E-state index in [-0.39, 0.29) is 28.7 Å². The number of para-hydroxylation sites is 1. The molecule has 0 spiro atoms. The molecule has 0 radical (unpaired) electrons. The first-order valence-electron chi connectivity index (χ1n) is 12.2. The second kappa shape index (κ2) is 10.4. The van der Waals surface area contributed by atoms with E-state index in [0.717, 1.165) is 0 Å². The van der Waals surface area contributed by atoms with E-state index >= 15 is 0 Å². The lowest BCUT2D eigenvalue weighted by atomic mass is 9.87. The SMILES string of the molecule is COc1cccc(CN2c3ccccc3C3=C([C@@H](c4cc(OC)c(OC)c(OC)c4)C(C#N)=C(N)O3)S2(=O)=O)c1. The van der Waals surface area contributed by atoms with E-state index in [0.29, 0.717) is 45.4 Å². The molecule has 0 saturated heterocycles. The van der Waals surface area contributed by atoms with Gasteiger partial charge in [0.05, 0.1) is 46.6 Å². The molecule has 0 bridgehead atoms. The highest BCUT2D eigenvalue weighted by Crippen LogP contribution is 2.53. The van der Waals surface area contributed by atoms with Crippen molar-refractivity contribution in [2.24, 2.45) is 5.73 Å². The molecule has 2 aliphatic heterocycles. The number of sulfonamides is 1. The molecule has 0 unspecified atom stereocenters. The van der Waals surface area contributed by atoms with E-state index in [1.54, 1.807) is 61.7 Å². The van der Waals surface area contributed by atoms with Crippen LogP contribution in [0.25, 0.3) is 5.76 Å². The molecule has 40 heavy (non-hydrogen) atoms. The zero-order valence-electron chi connectivity index (χ0n) is 22.3. The lowest BCUT2D eigenvalue weighted by molar-refractivity contribution is 0.323. The fraction of sp³-hybridized carbons (Fsp3) is 0.207. The predicted octanol–water partition coefficient (Wildman–Crippen LogP) is 4.25. The number of fused-ring (bicyclic) bond motifs is 2. The summed E-state index contributed by atoms with van der Waals surface area (Å²) in [6, 6.07) is 19.4. The minimum Gasteiger partial charge on any atom is -0.497 e. The molecule has 2 N–H and O–H groups in total. The highest BCUT2D eigenvalue weighted by Gasteiger charge is 2.47. The van der Waals surface area contributed by atoms with Crippen LogP contribution in [0.3, 0.4) is 0 Å². The van der Waals surface area contributed by atoms with Gasteiger partial charge in [0.2, 0.25) is 11.6 Å². The molecule has 0 fully saturated rings. The fourth-order valence-electron chi connectivity index (χ4n) is 5.02. The lowest BCUT2D eigenvalue weighted by Gasteiger charge is -2.38. The van der Waals surface area contributed by atoms with Gasteiger partial charge in [-0.15, -0.1) is 0 Å². The van der Waals surface area contributed by atoms with Crippen molar-refractivity contribution in [2.45, 2.75) is 12.5 Å². The Hall–Kier alpha value is -4.82. The van der Waals surface area contributed by atoms with Crippen LogP contribution in [0.2, 0.25) is 0 Å². The lowest BCUT2D eigenvalue weighted by Crippen LogP contribution is -2.39. The Bertz CT molecular complexity index is 1680. The number of nitrogens with zero attached hydrogens (tertiary/aromatic N) is 2. The number of benzene rings is 3. The van der Waals surface area contributed by atoms with Crippen LogP contribution < -0.4 is 29.0 Å². The summed E-state index contributed by atoms with van der Waals surface area (Å²) in [6.45, 7) is 0.0103. The van der Waals surface area contributed by atoms with Gasteiger partial charge in [-0.3, -0.25) is 4.31 Å². The smallest absolute Gasteiger partial charge is 0.265 e. The van der Waals surface area contributed by atoms with Crippen molar-refractivity contribution in [1.29, 1.82) is 5.26 Å². The van der Waals surface area contributed by atoms with Gasteiger partial charge in [0.25, 0.3) is 10.0 Å². The number of hydrogen-bond donors (Lipinski definition) is 1. The third-order valence-corrected chi connectivity index (χ3v) is 8.72. The van der Waals surface area contributed by atoms with Gasteiger partial charge in [-0.2, -0.15) is 5.26 Å². The topological polar surface area (TPSA) is 133 Å². The van der Waals surface area contributed by atoms with E-state index in [4.69, 9.17) is 29.4 Å². The molecule has 10 nitrogen and oxygen atoms in total. The molecule has 0 amide bonds. The van der Waals surface area contributed by atoms with E-state index < -0.39 is 15.9 Å². The van der Waals surface area contributed by atoms with Gasteiger partial charge < -0.3 is 29.4 Å². The maximum Gasteiger partial charge on any atom is 0.265 e. The Kier molecular flexibility index (Phi) is 6.95. The van der Waals surface area contributed by atoms with Crippen LogP contribution in [-0.4, -0.2) is 36.9 Å². The van der Waals surface area contributed by atoms with E-state index in [9.17, 15) is 13.7 Å². The number of ether oxygens (including phenoxy) is 5. The number of methoxy groups -OCH3 is 4. The fourth-order valence-corrected chi connectivity index (χ4v) is 6.93. The zero-order valence-corrected chi connectivity index (χ0v) is 23.1. The van der Waals surface area contributed by atoms with Crippen molar-refractivity contribution in [3.8, 4) is 29.1 Å². The molecule has 0 aromatic heterocycles. The first-order valence-corrected chi connectivity index (χ1v) is 13.6. The third kappa shape index (κ3) is 4.23. The largest absolute Gasteiger partial charge is 0.497 e. The highest BCUT2D eigenvalue weighted by molar-refractivity contribution is 7.96. The minimum absolute atomic E-state index is 0.0103. The normalized spacial score (nSPS) is 17.3. The second-order valence-electron chi connectivity index (χ2n) is 8.96. The quantitative estimate of drug-likeness (QED) is 0.449. The molecule has 0 saturated carbocycles. The van der Waals surface area contributed by atoms with Gasteiger partial charge in [0.15, 0.2) is 17.3 Å². The van der Waals surface area contributed by atoms with Crippen molar-refractivity contribution in [3.05, 3.63) is 93.7 Å². The van der Waals surface area contributed by atoms with Crippen LogP contribution in [0.4, 0.5) is 5.69 Å². The monoisotopic (exact) mass is 561 g/mol. The first kappa shape index (κ1) is 26.8. The summed E-state index contributed by atoms with van der Waals surface area (Å²) >= 11 is 0. The van der Waals surface area contributed by atoms with Crippen LogP contribution in [0.5, 0.6) is 23.0 Å². The van der Waals surface area contributed by atoms with Crippen LogP contribution in [-0.2, 0) is 21.3 Å². The summed E-state index contributed by atoms with van der Waals surface area (Å²) in [5.41, 5.74) is 8.23. The highest BCUT2D eigenvalue weighted by atomic mass is 32.2. The number of allylic oxidation sites excluding steroid dienone is 2. The van der Waals surface area contributed by atoms with E-state index in [1.165, 1.54) is 25.6 Å². The maximum atomic E-state index is 14.5. The molecular formula is C29H27N3O7S. The molecular weight excluding hydrogens is 534 g/mol. The molecule has 5 rings (SSSR count). The number of nitriles is 1. The van der Waals surface area contributed by atoms with Crippen molar-refractivity contribution in [1.82, 2.24) is 0 Å². The molecule has 206 valence electrons. The van der Waals surface area contributed by atoms with Gasteiger partial charge in [-0.1, -0.05) is 24.3 Å². The molecule has 3 aromatic rings. The molecule has 11 heteroatoms. The van der Waals surface area contributed by atoms with Crippen molar-refractivity contribution in [3.63, 3.8) is 0 Å². The third-order valence-electron chi connectivity index (χ3n) is 6.84. The average molecular weight is 562 g/mol. The van der Waals surface area contributed by atoms with E-state index in [2.05, 4.69) is 6.07 Å². The molecule has 0 aliphatic carbocycles. The van der Waals surface area contributed by atoms with Gasteiger partial charge in [0, 0.05) is 5.56 Å². The van der Waals surface area contributed by atoms with Crippen LogP contribution >= 0.6 is 0 Å². The predicted molar refractivity (Wildman–Crippen MR) is 148 cm³/mol. The first-order chi connectivity index (χ1) is 19.3. The zero-order chi connectivity index (χ0) is 28.6. The Morgan fingerprint density at radius 3 is 2.27 bits per heavy atom. The van der Waals surface area contributed by atoms with Crippen LogP contribution in [0.1, 0.15) is 22.6 Å². The van der Waals surface area contributed by atoms with Gasteiger partial charge in [-0.05, 0) is 47.5 Å². The van der Waals surface area contributed by atoms with Gasteiger partial charge >= 0.3 is 0 Å². The standard InChI is InChI=1S/C29H27N3O7S/c1-35-19-9-7-8-17(12-19)16-32-22-11-6-5-10-20(22)26-28(40(32,33)34)25(21(15-30)29(31)39-26)18-13-23(36-2)27(38-4)24(14-18)37-3/h5-14,25H,16,31H2,1-4H3/t25-/m0/s1. The summed E-state index contributed by atoms with van der Waals surface area (Å²) in [7, 11) is 1.64. The Balaban J connectivity index is 1.77. The average Bonchev–Trinajstić information content (AvgIpc) is 2.97. The molecule has 2 heterocycles.